The van der Waals surface area contributed by atoms with Crippen molar-refractivity contribution in [3.8, 4) is 0 Å². The highest BCUT2D eigenvalue weighted by atomic mass is 32.1. The molecule has 1 atom stereocenters. The van der Waals surface area contributed by atoms with Crippen molar-refractivity contribution in [3.05, 3.63) is 29.8 Å². The SMILES string of the molecule is CCNc1ccc(C(=O)CNC(CS)C(=O)O)cc1. The normalized spacial score (nSPS) is 11.9. The first-order valence-corrected chi connectivity index (χ1v) is 6.66. The van der Waals surface area contributed by atoms with Crippen LogP contribution in [-0.2, 0) is 4.79 Å². The molecule has 6 heteroatoms. The van der Waals surface area contributed by atoms with Crippen molar-refractivity contribution in [1.82, 2.24) is 5.32 Å². The Hall–Kier alpha value is -1.53. The number of aliphatic carboxylic acids is 1. The number of Topliss-reactive ketones (excluding diaryl/α,β-unsaturated/α-hetero) is 1. The van der Waals surface area contributed by atoms with Crippen molar-refractivity contribution in [3.63, 3.8) is 0 Å². The third-order valence-electron chi connectivity index (χ3n) is 2.58. The van der Waals surface area contributed by atoms with Crippen LogP contribution in [0.25, 0.3) is 0 Å². The van der Waals surface area contributed by atoms with E-state index in [0.717, 1.165) is 12.2 Å². The fraction of sp³-hybridized carbons (Fsp3) is 0.385. The Labute approximate surface area is 117 Å². The first-order chi connectivity index (χ1) is 9.08. The van der Waals surface area contributed by atoms with Gasteiger partial charge in [0.05, 0.1) is 6.54 Å². The monoisotopic (exact) mass is 282 g/mol. The largest absolute Gasteiger partial charge is 0.480 e. The van der Waals surface area contributed by atoms with Crippen molar-refractivity contribution in [2.45, 2.75) is 13.0 Å². The molecule has 104 valence electrons. The number of benzene rings is 1. The highest BCUT2D eigenvalue weighted by molar-refractivity contribution is 7.80. The number of carbonyl (C=O) groups excluding carboxylic acids is 1. The topological polar surface area (TPSA) is 78.4 Å². The number of carbonyl (C=O) groups is 2. The van der Waals surface area contributed by atoms with Crippen molar-refractivity contribution in [2.75, 3.05) is 24.2 Å². The number of hydrogen-bond acceptors (Lipinski definition) is 5. The summed E-state index contributed by atoms with van der Waals surface area (Å²) in [5, 5.41) is 14.6. The Morgan fingerprint density at radius 1 is 1.32 bits per heavy atom. The molecule has 1 unspecified atom stereocenters. The van der Waals surface area contributed by atoms with Gasteiger partial charge in [-0.15, -0.1) is 0 Å². The molecule has 0 spiro atoms. The molecule has 0 aliphatic carbocycles. The van der Waals surface area contributed by atoms with Gasteiger partial charge in [0.1, 0.15) is 6.04 Å². The summed E-state index contributed by atoms with van der Waals surface area (Å²) in [5.74, 6) is -1.01. The van der Waals surface area contributed by atoms with Crippen LogP contribution in [-0.4, -0.2) is 41.7 Å². The molecule has 0 amide bonds. The van der Waals surface area contributed by atoms with E-state index in [2.05, 4.69) is 23.3 Å². The smallest absolute Gasteiger partial charge is 0.321 e. The van der Waals surface area contributed by atoms with E-state index in [1.165, 1.54) is 0 Å². The minimum Gasteiger partial charge on any atom is -0.480 e. The van der Waals surface area contributed by atoms with Gasteiger partial charge in [0.25, 0.3) is 0 Å². The minimum absolute atomic E-state index is 0.0158. The molecule has 1 aromatic carbocycles. The summed E-state index contributed by atoms with van der Waals surface area (Å²) in [6, 6.07) is 6.28. The molecule has 0 radical (unpaired) electrons. The first kappa shape index (κ1) is 15.5. The number of rotatable bonds is 8. The summed E-state index contributed by atoms with van der Waals surface area (Å²) >= 11 is 3.92. The summed E-state index contributed by atoms with van der Waals surface area (Å²) in [4.78, 5) is 22.6. The number of carboxylic acids is 1. The molecule has 0 aliphatic heterocycles. The maximum absolute atomic E-state index is 11.9. The number of anilines is 1. The zero-order valence-electron chi connectivity index (χ0n) is 10.7. The molecular formula is C13H18N2O3S. The number of thiol groups is 1. The number of hydrogen-bond donors (Lipinski definition) is 4. The van der Waals surface area contributed by atoms with E-state index in [1.54, 1.807) is 12.1 Å². The molecule has 3 N–H and O–H groups in total. The van der Waals surface area contributed by atoms with Crippen LogP contribution in [0.5, 0.6) is 0 Å². The standard InChI is InChI=1S/C13H18N2O3S/c1-2-14-10-5-3-9(4-6-10)12(16)7-15-11(8-19)13(17)18/h3-6,11,14-15,19H,2,7-8H2,1H3,(H,17,18). The maximum atomic E-state index is 11.9. The van der Waals surface area contributed by atoms with Gasteiger partial charge in [-0.05, 0) is 31.2 Å². The van der Waals surface area contributed by atoms with Crippen LogP contribution >= 0.6 is 12.6 Å². The number of nitrogens with one attached hydrogen (secondary N) is 2. The molecule has 0 fully saturated rings. The van der Waals surface area contributed by atoms with Gasteiger partial charge in [-0.25, -0.2) is 0 Å². The second kappa shape index (κ2) is 7.81. The quantitative estimate of drug-likeness (QED) is 0.427. The van der Waals surface area contributed by atoms with E-state index in [0.29, 0.717) is 5.56 Å². The van der Waals surface area contributed by atoms with Crippen LogP contribution in [0.1, 0.15) is 17.3 Å². The van der Waals surface area contributed by atoms with E-state index >= 15 is 0 Å². The molecule has 0 saturated heterocycles. The molecular weight excluding hydrogens is 264 g/mol. The molecule has 0 saturated carbocycles. The van der Waals surface area contributed by atoms with Gasteiger partial charge < -0.3 is 10.4 Å². The van der Waals surface area contributed by atoms with Crippen LogP contribution in [0.15, 0.2) is 24.3 Å². The highest BCUT2D eigenvalue weighted by Gasteiger charge is 2.16. The van der Waals surface area contributed by atoms with Crippen LogP contribution in [0, 0.1) is 0 Å². The van der Waals surface area contributed by atoms with Gasteiger partial charge in [0.2, 0.25) is 0 Å². The Bertz CT molecular complexity index is 434. The van der Waals surface area contributed by atoms with E-state index in [-0.39, 0.29) is 18.1 Å². The Kier molecular flexibility index (Phi) is 6.38. The molecule has 0 aliphatic rings. The first-order valence-electron chi connectivity index (χ1n) is 6.02. The van der Waals surface area contributed by atoms with E-state index < -0.39 is 12.0 Å². The van der Waals surface area contributed by atoms with Crippen LogP contribution < -0.4 is 10.6 Å². The second-order valence-corrected chi connectivity index (χ2v) is 4.35. The van der Waals surface area contributed by atoms with E-state index in [4.69, 9.17) is 5.11 Å². The van der Waals surface area contributed by atoms with Gasteiger partial charge in [0.15, 0.2) is 5.78 Å². The van der Waals surface area contributed by atoms with E-state index in [1.807, 2.05) is 19.1 Å². The lowest BCUT2D eigenvalue weighted by atomic mass is 10.1. The molecule has 0 aromatic heterocycles. The highest BCUT2D eigenvalue weighted by Crippen LogP contribution is 2.09. The summed E-state index contributed by atoms with van der Waals surface area (Å²) in [6.45, 7) is 2.79. The summed E-state index contributed by atoms with van der Waals surface area (Å²) in [6.07, 6.45) is 0. The van der Waals surface area contributed by atoms with E-state index in [9.17, 15) is 9.59 Å². The third kappa shape index (κ3) is 4.92. The fourth-order valence-corrected chi connectivity index (χ4v) is 1.81. The fourth-order valence-electron chi connectivity index (χ4n) is 1.53. The van der Waals surface area contributed by atoms with Gasteiger partial charge in [-0.3, -0.25) is 14.9 Å². The predicted molar refractivity (Wildman–Crippen MR) is 78.2 cm³/mol. The zero-order valence-corrected chi connectivity index (χ0v) is 11.6. The van der Waals surface area contributed by atoms with Gasteiger partial charge in [-0.1, -0.05) is 0 Å². The van der Waals surface area contributed by atoms with Gasteiger partial charge in [-0.2, -0.15) is 12.6 Å². The zero-order chi connectivity index (χ0) is 14.3. The summed E-state index contributed by atoms with van der Waals surface area (Å²) < 4.78 is 0. The molecule has 1 aromatic rings. The van der Waals surface area contributed by atoms with Crippen molar-refractivity contribution < 1.29 is 14.7 Å². The Morgan fingerprint density at radius 3 is 2.42 bits per heavy atom. The Balaban J connectivity index is 2.55. The summed E-state index contributed by atoms with van der Waals surface area (Å²) in [7, 11) is 0. The number of carboxylic acid groups (broad SMARTS) is 1. The lowest BCUT2D eigenvalue weighted by molar-refractivity contribution is -0.138. The van der Waals surface area contributed by atoms with Gasteiger partial charge in [0, 0.05) is 23.5 Å². The Morgan fingerprint density at radius 2 is 1.95 bits per heavy atom. The average molecular weight is 282 g/mol. The van der Waals surface area contributed by atoms with Crippen LogP contribution in [0.3, 0.4) is 0 Å². The van der Waals surface area contributed by atoms with Crippen LogP contribution in [0.4, 0.5) is 5.69 Å². The van der Waals surface area contributed by atoms with Crippen LogP contribution in [0.2, 0.25) is 0 Å². The molecule has 19 heavy (non-hydrogen) atoms. The number of ketones is 1. The third-order valence-corrected chi connectivity index (χ3v) is 2.94. The van der Waals surface area contributed by atoms with Crippen molar-refractivity contribution in [1.29, 1.82) is 0 Å². The average Bonchev–Trinajstić information content (AvgIpc) is 2.40. The van der Waals surface area contributed by atoms with Crippen molar-refractivity contribution in [2.24, 2.45) is 0 Å². The summed E-state index contributed by atoms with van der Waals surface area (Å²) in [5.41, 5.74) is 1.50. The van der Waals surface area contributed by atoms with Crippen molar-refractivity contribution >= 4 is 30.1 Å². The second-order valence-electron chi connectivity index (χ2n) is 3.99. The molecule has 1 rings (SSSR count). The predicted octanol–water partition coefficient (Wildman–Crippen LogP) is 1.27. The lowest BCUT2D eigenvalue weighted by Gasteiger charge is -2.11. The molecule has 5 nitrogen and oxygen atoms in total. The maximum Gasteiger partial charge on any atom is 0.321 e. The van der Waals surface area contributed by atoms with Gasteiger partial charge >= 0.3 is 5.97 Å². The molecule has 0 heterocycles. The minimum atomic E-state index is -1.01. The molecule has 0 bridgehead atoms. The lowest BCUT2D eigenvalue weighted by Crippen LogP contribution is -2.41.